The van der Waals surface area contributed by atoms with Gasteiger partial charge in [0.05, 0.1) is 0 Å². The first-order valence-electron chi connectivity index (χ1n) is 5.72. The molecule has 0 bridgehead atoms. The summed E-state index contributed by atoms with van der Waals surface area (Å²) in [5.41, 5.74) is 6.79. The Bertz CT molecular complexity index is 627. The average Bonchev–Trinajstić information content (AvgIpc) is 2.35. The lowest BCUT2D eigenvalue weighted by Crippen LogP contribution is -2.12. The van der Waals surface area contributed by atoms with Crippen molar-refractivity contribution in [1.82, 2.24) is 4.98 Å². The van der Waals surface area contributed by atoms with Crippen LogP contribution in [-0.2, 0) is 6.42 Å². The van der Waals surface area contributed by atoms with E-state index in [1.807, 2.05) is 30.3 Å². The van der Waals surface area contributed by atoms with Crippen LogP contribution in [0.3, 0.4) is 0 Å². The van der Waals surface area contributed by atoms with E-state index in [0.29, 0.717) is 5.56 Å². The molecule has 2 rings (SSSR count). The highest BCUT2D eigenvalue weighted by atomic mass is 19.1. The first-order chi connectivity index (χ1) is 9.00. The number of nitrogen functional groups attached to an aromatic ring is 1. The first-order valence-corrected chi connectivity index (χ1v) is 5.72. The number of rotatable bonds is 3. The van der Waals surface area contributed by atoms with Crippen LogP contribution >= 0.6 is 0 Å². The summed E-state index contributed by atoms with van der Waals surface area (Å²) in [6, 6.07) is 9.22. The molecule has 5 heteroatoms. The molecule has 1 aromatic heterocycles. The summed E-state index contributed by atoms with van der Waals surface area (Å²) < 4.78 is 13.9. The second kappa shape index (κ2) is 5.06. The van der Waals surface area contributed by atoms with Gasteiger partial charge in [-0.25, -0.2) is 9.78 Å². The molecular weight excluding hydrogens is 247 g/mol. The number of halogens is 1. The maximum Gasteiger partial charge on any atom is 0.339 e. The Kier molecular flexibility index (Phi) is 3.46. The molecule has 1 heterocycles. The third-order valence-corrected chi connectivity index (χ3v) is 2.99. The van der Waals surface area contributed by atoms with Crippen molar-refractivity contribution >= 4 is 11.8 Å². The van der Waals surface area contributed by atoms with Crippen LogP contribution < -0.4 is 5.73 Å². The van der Waals surface area contributed by atoms with Gasteiger partial charge in [-0.3, -0.25) is 0 Å². The fourth-order valence-corrected chi connectivity index (χ4v) is 2.00. The van der Waals surface area contributed by atoms with Crippen LogP contribution in [0.4, 0.5) is 10.2 Å². The van der Waals surface area contributed by atoms with Crippen LogP contribution in [-0.4, -0.2) is 16.1 Å². The summed E-state index contributed by atoms with van der Waals surface area (Å²) in [5.74, 6) is -2.21. The molecule has 0 aliphatic carbocycles. The number of hydrogen-bond donors (Lipinski definition) is 2. The van der Waals surface area contributed by atoms with Crippen molar-refractivity contribution < 1.29 is 14.3 Å². The van der Waals surface area contributed by atoms with Crippen molar-refractivity contribution in [3.63, 3.8) is 0 Å². The molecule has 0 saturated carbocycles. The molecule has 0 spiro atoms. The Morgan fingerprint density at radius 3 is 2.58 bits per heavy atom. The van der Waals surface area contributed by atoms with E-state index in [1.165, 1.54) is 0 Å². The Hall–Kier alpha value is -2.43. The van der Waals surface area contributed by atoms with Gasteiger partial charge in [0.15, 0.2) is 0 Å². The summed E-state index contributed by atoms with van der Waals surface area (Å²) >= 11 is 0. The van der Waals surface area contributed by atoms with Gasteiger partial charge in [0.25, 0.3) is 0 Å². The lowest BCUT2D eigenvalue weighted by molar-refractivity contribution is 0.0696. The zero-order chi connectivity index (χ0) is 14.0. The normalized spacial score (nSPS) is 10.4. The van der Waals surface area contributed by atoms with Crippen molar-refractivity contribution in [2.45, 2.75) is 13.3 Å². The summed E-state index contributed by atoms with van der Waals surface area (Å²) in [6.07, 6.45) is 0.284. The van der Waals surface area contributed by atoms with E-state index in [2.05, 4.69) is 4.98 Å². The summed E-state index contributed by atoms with van der Waals surface area (Å²) in [7, 11) is 0. The van der Waals surface area contributed by atoms with Crippen molar-refractivity contribution in [2.75, 3.05) is 5.73 Å². The summed E-state index contributed by atoms with van der Waals surface area (Å²) in [6.45, 7) is 1.54. The van der Waals surface area contributed by atoms with Crippen LogP contribution in [0.15, 0.2) is 30.3 Å². The van der Waals surface area contributed by atoms with Gasteiger partial charge in [-0.1, -0.05) is 30.3 Å². The van der Waals surface area contributed by atoms with Crippen LogP contribution in [0.5, 0.6) is 0 Å². The fraction of sp³-hybridized carbons (Fsp3) is 0.143. The lowest BCUT2D eigenvalue weighted by Gasteiger charge is -2.11. The van der Waals surface area contributed by atoms with Gasteiger partial charge in [-0.15, -0.1) is 0 Å². The molecule has 4 nitrogen and oxygen atoms in total. The van der Waals surface area contributed by atoms with Gasteiger partial charge in [-0.2, -0.15) is 4.39 Å². The number of pyridine rings is 1. The number of carboxylic acids is 1. The van der Waals surface area contributed by atoms with E-state index in [9.17, 15) is 9.18 Å². The highest BCUT2D eigenvalue weighted by Crippen LogP contribution is 2.23. The predicted octanol–water partition coefficient (Wildman–Crippen LogP) is 2.40. The molecule has 98 valence electrons. The molecule has 0 amide bonds. The van der Waals surface area contributed by atoms with Gasteiger partial charge < -0.3 is 10.8 Å². The minimum Gasteiger partial charge on any atom is -0.478 e. The monoisotopic (exact) mass is 260 g/mol. The summed E-state index contributed by atoms with van der Waals surface area (Å²) in [4.78, 5) is 14.6. The Balaban J connectivity index is 2.52. The Morgan fingerprint density at radius 1 is 1.37 bits per heavy atom. The zero-order valence-corrected chi connectivity index (χ0v) is 10.4. The van der Waals surface area contributed by atoms with E-state index in [4.69, 9.17) is 10.8 Å². The van der Waals surface area contributed by atoms with Gasteiger partial charge in [0.2, 0.25) is 5.95 Å². The Labute approximate surface area is 109 Å². The standard InChI is InChI=1S/C14H13FN2O2/c1-8-10(7-9-5-3-2-4-6-9)12(15)17-13(16)11(8)14(18)19/h2-6H,7H2,1H3,(H2,16,17)(H,18,19). The molecule has 2 aromatic rings. The van der Waals surface area contributed by atoms with Crippen molar-refractivity contribution in [3.05, 3.63) is 58.5 Å². The molecule has 0 radical (unpaired) electrons. The molecular formula is C14H13FN2O2. The van der Waals surface area contributed by atoms with Crippen molar-refractivity contribution in [3.8, 4) is 0 Å². The van der Waals surface area contributed by atoms with E-state index in [1.54, 1.807) is 6.92 Å². The number of aromatic nitrogens is 1. The van der Waals surface area contributed by atoms with E-state index in [-0.39, 0.29) is 23.4 Å². The third-order valence-electron chi connectivity index (χ3n) is 2.99. The molecule has 1 aromatic carbocycles. The third kappa shape index (κ3) is 2.54. The number of carboxylic acid groups (broad SMARTS) is 1. The minimum atomic E-state index is -1.20. The number of nitrogens with two attached hydrogens (primary N) is 1. The number of benzene rings is 1. The molecule has 19 heavy (non-hydrogen) atoms. The number of anilines is 1. The molecule has 0 unspecified atom stereocenters. The zero-order valence-electron chi connectivity index (χ0n) is 10.4. The SMILES string of the molecule is Cc1c(Cc2ccccc2)c(F)nc(N)c1C(=O)O. The van der Waals surface area contributed by atoms with Gasteiger partial charge in [0.1, 0.15) is 11.4 Å². The first kappa shape index (κ1) is 13.0. The van der Waals surface area contributed by atoms with Gasteiger partial charge >= 0.3 is 5.97 Å². The Morgan fingerprint density at radius 2 is 2.00 bits per heavy atom. The largest absolute Gasteiger partial charge is 0.478 e. The fourth-order valence-electron chi connectivity index (χ4n) is 2.00. The topological polar surface area (TPSA) is 76.2 Å². The predicted molar refractivity (Wildman–Crippen MR) is 69.6 cm³/mol. The maximum absolute atomic E-state index is 13.9. The molecule has 3 N–H and O–H groups in total. The summed E-state index contributed by atoms with van der Waals surface area (Å²) in [5, 5.41) is 9.09. The van der Waals surface area contributed by atoms with Crippen LogP contribution in [0.2, 0.25) is 0 Å². The quantitative estimate of drug-likeness (QED) is 0.831. The molecule has 0 atom stereocenters. The highest BCUT2D eigenvalue weighted by Gasteiger charge is 2.20. The van der Waals surface area contributed by atoms with Crippen LogP contribution in [0.1, 0.15) is 27.0 Å². The van der Waals surface area contributed by atoms with Gasteiger partial charge in [-0.05, 0) is 18.1 Å². The van der Waals surface area contributed by atoms with Crippen LogP contribution in [0.25, 0.3) is 0 Å². The number of nitrogens with zero attached hydrogens (tertiary/aromatic N) is 1. The smallest absolute Gasteiger partial charge is 0.339 e. The minimum absolute atomic E-state index is 0.132. The second-order valence-corrected chi connectivity index (χ2v) is 4.23. The number of hydrogen-bond acceptors (Lipinski definition) is 3. The van der Waals surface area contributed by atoms with Gasteiger partial charge in [0, 0.05) is 12.0 Å². The lowest BCUT2D eigenvalue weighted by atomic mass is 9.98. The molecule has 0 aliphatic heterocycles. The van der Waals surface area contributed by atoms with Crippen molar-refractivity contribution in [1.29, 1.82) is 0 Å². The highest BCUT2D eigenvalue weighted by molar-refractivity contribution is 5.94. The number of carbonyl (C=O) groups is 1. The van der Waals surface area contributed by atoms with Crippen molar-refractivity contribution in [2.24, 2.45) is 0 Å². The van der Waals surface area contributed by atoms with E-state index in [0.717, 1.165) is 5.56 Å². The molecule has 0 aliphatic rings. The maximum atomic E-state index is 13.9. The number of aromatic carboxylic acids is 1. The average molecular weight is 260 g/mol. The molecule has 0 saturated heterocycles. The van der Waals surface area contributed by atoms with E-state index >= 15 is 0 Å². The van der Waals surface area contributed by atoms with Crippen LogP contribution in [0, 0.1) is 12.9 Å². The molecule has 0 fully saturated rings. The second-order valence-electron chi connectivity index (χ2n) is 4.23. The van der Waals surface area contributed by atoms with E-state index < -0.39 is 11.9 Å².